The van der Waals surface area contributed by atoms with Crippen LogP contribution in [0.5, 0.6) is 11.5 Å². The highest BCUT2D eigenvalue weighted by atomic mass is 16.5. The van der Waals surface area contributed by atoms with Gasteiger partial charge in [0, 0.05) is 43.9 Å². The van der Waals surface area contributed by atoms with E-state index in [2.05, 4.69) is 29.2 Å². The first kappa shape index (κ1) is 21.6. The molecule has 0 bridgehead atoms. The molecule has 2 amide bonds. The molecule has 2 N–H and O–H groups in total. The summed E-state index contributed by atoms with van der Waals surface area (Å²) in [5.74, 6) is 0.790. The van der Waals surface area contributed by atoms with Gasteiger partial charge in [-0.2, -0.15) is 0 Å². The number of carbonyl (C=O) groups excluding carboxylic acids is 2. The van der Waals surface area contributed by atoms with Gasteiger partial charge < -0.3 is 15.4 Å². The Morgan fingerprint density at radius 2 is 1.38 bits per heavy atom. The fourth-order valence-corrected chi connectivity index (χ4v) is 3.85. The highest BCUT2D eigenvalue weighted by Crippen LogP contribution is 2.23. The fourth-order valence-electron chi connectivity index (χ4n) is 3.85. The number of primary amides is 1. The topological polar surface area (TPSA) is 75.9 Å². The van der Waals surface area contributed by atoms with Gasteiger partial charge >= 0.3 is 0 Å². The van der Waals surface area contributed by atoms with Crippen molar-refractivity contribution >= 4 is 11.8 Å². The van der Waals surface area contributed by atoms with Crippen LogP contribution in [0.15, 0.2) is 78.9 Å². The van der Waals surface area contributed by atoms with E-state index in [0.29, 0.717) is 22.6 Å². The number of hydrogen-bond acceptors (Lipinski definition) is 4. The van der Waals surface area contributed by atoms with Gasteiger partial charge in [0.15, 0.2) is 0 Å². The molecule has 164 valence electrons. The predicted octanol–water partition coefficient (Wildman–Crippen LogP) is 3.93. The Bertz CT molecular complexity index is 1050. The Morgan fingerprint density at radius 3 is 2.00 bits per heavy atom. The Balaban J connectivity index is 1.33. The third-order valence-electron chi connectivity index (χ3n) is 5.60. The summed E-state index contributed by atoms with van der Waals surface area (Å²) in [6.07, 6.45) is 0.959. The van der Waals surface area contributed by atoms with Crippen LogP contribution < -0.4 is 10.5 Å². The van der Waals surface area contributed by atoms with Crippen LogP contribution in [-0.4, -0.2) is 47.8 Å². The largest absolute Gasteiger partial charge is 0.457 e. The van der Waals surface area contributed by atoms with Gasteiger partial charge in [0.1, 0.15) is 11.5 Å². The van der Waals surface area contributed by atoms with E-state index in [4.69, 9.17) is 10.5 Å². The van der Waals surface area contributed by atoms with Gasteiger partial charge in [-0.1, -0.05) is 30.3 Å². The second-order valence-corrected chi connectivity index (χ2v) is 7.92. The van der Waals surface area contributed by atoms with Crippen molar-refractivity contribution in [2.45, 2.75) is 13.0 Å². The van der Waals surface area contributed by atoms with Crippen LogP contribution in [0.1, 0.15) is 32.7 Å². The van der Waals surface area contributed by atoms with E-state index in [1.165, 1.54) is 5.56 Å². The summed E-state index contributed by atoms with van der Waals surface area (Å²) in [7, 11) is 0. The molecule has 0 radical (unpaired) electrons. The second kappa shape index (κ2) is 10.1. The Morgan fingerprint density at radius 1 is 0.750 bits per heavy atom. The van der Waals surface area contributed by atoms with E-state index >= 15 is 0 Å². The number of hydrogen-bond donors (Lipinski definition) is 1. The van der Waals surface area contributed by atoms with Crippen molar-refractivity contribution in [3.63, 3.8) is 0 Å². The first-order valence-corrected chi connectivity index (χ1v) is 10.8. The molecule has 1 aliphatic heterocycles. The van der Waals surface area contributed by atoms with E-state index in [-0.39, 0.29) is 5.91 Å². The zero-order valence-corrected chi connectivity index (χ0v) is 17.9. The van der Waals surface area contributed by atoms with Gasteiger partial charge in [0.25, 0.3) is 5.91 Å². The van der Waals surface area contributed by atoms with Crippen LogP contribution in [0.2, 0.25) is 0 Å². The van der Waals surface area contributed by atoms with Crippen molar-refractivity contribution < 1.29 is 14.3 Å². The quantitative estimate of drug-likeness (QED) is 0.644. The van der Waals surface area contributed by atoms with E-state index < -0.39 is 5.91 Å². The number of nitrogens with zero attached hydrogens (tertiary/aromatic N) is 2. The molecule has 0 atom stereocenters. The molecule has 1 fully saturated rings. The molecule has 1 saturated heterocycles. The lowest BCUT2D eigenvalue weighted by atomic mass is 10.2. The molecule has 3 aromatic carbocycles. The SMILES string of the molecule is NC(=O)c1ccc(Oc2ccc(C(=O)N3CCCN(Cc4ccccc4)CC3)cc2)cc1. The van der Waals surface area contributed by atoms with Gasteiger partial charge in [0.2, 0.25) is 5.91 Å². The summed E-state index contributed by atoms with van der Waals surface area (Å²) in [5, 5.41) is 0. The van der Waals surface area contributed by atoms with Gasteiger partial charge in [0.05, 0.1) is 0 Å². The van der Waals surface area contributed by atoms with E-state index in [1.807, 2.05) is 11.0 Å². The summed E-state index contributed by atoms with van der Waals surface area (Å²) in [6.45, 7) is 4.24. The molecular weight excluding hydrogens is 402 g/mol. The molecule has 6 heteroatoms. The molecule has 4 rings (SSSR count). The molecule has 32 heavy (non-hydrogen) atoms. The third-order valence-corrected chi connectivity index (χ3v) is 5.60. The van der Waals surface area contributed by atoms with Gasteiger partial charge in [-0.15, -0.1) is 0 Å². The van der Waals surface area contributed by atoms with Crippen molar-refractivity contribution in [1.29, 1.82) is 0 Å². The number of benzene rings is 3. The number of nitrogens with two attached hydrogens (primary N) is 1. The molecule has 0 aromatic heterocycles. The molecule has 1 heterocycles. The average Bonchev–Trinajstić information content (AvgIpc) is 3.06. The normalized spacial score (nSPS) is 14.6. The van der Waals surface area contributed by atoms with Crippen molar-refractivity contribution in [2.75, 3.05) is 26.2 Å². The van der Waals surface area contributed by atoms with Crippen LogP contribution in [0.4, 0.5) is 0 Å². The Hall–Kier alpha value is -3.64. The predicted molar refractivity (Wildman–Crippen MR) is 124 cm³/mol. The first-order chi connectivity index (χ1) is 15.6. The van der Waals surface area contributed by atoms with Gasteiger partial charge in [-0.3, -0.25) is 14.5 Å². The van der Waals surface area contributed by atoms with Gasteiger partial charge in [-0.25, -0.2) is 0 Å². The Labute approximate surface area is 188 Å². The van der Waals surface area contributed by atoms with Crippen molar-refractivity contribution in [3.05, 3.63) is 95.6 Å². The summed E-state index contributed by atoms with van der Waals surface area (Å²) in [4.78, 5) is 28.5. The second-order valence-electron chi connectivity index (χ2n) is 7.92. The average molecular weight is 430 g/mol. The minimum absolute atomic E-state index is 0.0453. The molecule has 6 nitrogen and oxygen atoms in total. The fraction of sp³-hybridized carbons (Fsp3) is 0.231. The molecule has 1 aliphatic rings. The minimum Gasteiger partial charge on any atom is -0.457 e. The van der Waals surface area contributed by atoms with Crippen molar-refractivity contribution in [2.24, 2.45) is 5.73 Å². The molecule has 0 spiro atoms. The summed E-state index contributed by atoms with van der Waals surface area (Å²) in [6, 6.07) is 24.2. The summed E-state index contributed by atoms with van der Waals surface area (Å²) in [5.41, 5.74) is 7.63. The van der Waals surface area contributed by atoms with Crippen molar-refractivity contribution in [1.82, 2.24) is 9.80 Å². The lowest BCUT2D eigenvalue weighted by Gasteiger charge is -2.22. The molecule has 0 aliphatic carbocycles. The first-order valence-electron chi connectivity index (χ1n) is 10.8. The summed E-state index contributed by atoms with van der Waals surface area (Å²) >= 11 is 0. The number of ether oxygens (including phenoxy) is 1. The zero-order valence-electron chi connectivity index (χ0n) is 17.9. The minimum atomic E-state index is -0.476. The number of rotatable bonds is 6. The number of amides is 2. The van der Waals surface area contributed by atoms with Crippen LogP contribution in [0, 0.1) is 0 Å². The zero-order chi connectivity index (χ0) is 22.3. The molecular formula is C26H27N3O3. The lowest BCUT2D eigenvalue weighted by molar-refractivity contribution is 0.0761. The van der Waals surface area contributed by atoms with E-state index in [0.717, 1.165) is 39.1 Å². The maximum absolute atomic E-state index is 13.0. The standard InChI is InChI=1S/C26H27N3O3/c27-25(30)21-7-11-23(12-8-21)32-24-13-9-22(10-14-24)26(31)29-16-4-15-28(17-18-29)19-20-5-2-1-3-6-20/h1-3,5-14H,4,15-19H2,(H2,27,30). The van der Waals surface area contributed by atoms with E-state index in [1.54, 1.807) is 48.5 Å². The molecule has 0 unspecified atom stereocenters. The van der Waals surface area contributed by atoms with Crippen LogP contribution in [0.25, 0.3) is 0 Å². The van der Waals surface area contributed by atoms with Crippen molar-refractivity contribution in [3.8, 4) is 11.5 Å². The monoisotopic (exact) mass is 429 g/mol. The maximum atomic E-state index is 13.0. The number of carbonyl (C=O) groups is 2. The van der Waals surface area contributed by atoms with Crippen LogP contribution in [-0.2, 0) is 6.54 Å². The maximum Gasteiger partial charge on any atom is 0.253 e. The van der Waals surface area contributed by atoms with Crippen LogP contribution in [0.3, 0.4) is 0 Å². The smallest absolute Gasteiger partial charge is 0.253 e. The van der Waals surface area contributed by atoms with Crippen LogP contribution >= 0.6 is 0 Å². The van der Waals surface area contributed by atoms with Gasteiger partial charge in [-0.05, 0) is 60.5 Å². The highest BCUT2D eigenvalue weighted by molar-refractivity contribution is 5.94. The summed E-state index contributed by atoms with van der Waals surface area (Å²) < 4.78 is 5.80. The molecule has 3 aromatic rings. The third kappa shape index (κ3) is 5.53. The Kier molecular flexibility index (Phi) is 6.82. The van der Waals surface area contributed by atoms with E-state index in [9.17, 15) is 9.59 Å². The molecule has 0 saturated carbocycles. The lowest BCUT2D eigenvalue weighted by Crippen LogP contribution is -2.35. The highest BCUT2D eigenvalue weighted by Gasteiger charge is 2.20.